The summed E-state index contributed by atoms with van der Waals surface area (Å²) in [7, 11) is 3.79. The summed E-state index contributed by atoms with van der Waals surface area (Å²) in [6.07, 6.45) is 5.54. The fourth-order valence-corrected chi connectivity index (χ4v) is 2.67. The zero-order valence-corrected chi connectivity index (χ0v) is 14.3. The highest BCUT2D eigenvalue weighted by atomic mass is 16.5. The Hall–Kier alpha value is -2.74. The Bertz CT molecular complexity index is 709. The number of rotatable bonds is 5. The predicted molar refractivity (Wildman–Crippen MR) is 94.7 cm³/mol. The molecule has 8 nitrogen and oxygen atoms in total. The Morgan fingerprint density at radius 3 is 2.88 bits per heavy atom. The molecular weight excluding hydrogens is 320 g/mol. The average molecular weight is 342 g/mol. The normalized spacial score (nSPS) is 19.9. The fraction of sp³-hybridized carbons (Fsp3) is 0.412. The van der Waals surface area contributed by atoms with E-state index in [1.807, 2.05) is 19.0 Å². The third kappa shape index (κ3) is 4.42. The van der Waals surface area contributed by atoms with Crippen molar-refractivity contribution in [3.63, 3.8) is 0 Å². The van der Waals surface area contributed by atoms with Crippen molar-refractivity contribution in [3.05, 3.63) is 42.5 Å². The summed E-state index contributed by atoms with van der Waals surface area (Å²) in [4.78, 5) is 26.8. The highest BCUT2D eigenvalue weighted by Gasteiger charge is 2.28. The van der Waals surface area contributed by atoms with Gasteiger partial charge in [-0.1, -0.05) is 0 Å². The van der Waals surface area contributed by atoms with E-state index in [0.29, 0.717) is 24.6 Å². The molecule has 2 N–H and O–H groups in total. The second-order valence-corrected chi connectivity index (χ2v) is 6.09. The minimum Gasteiger partial charge on any atom is -0.379 e. The maximum absolute atomic E-state index is 12.6. The van der Waals surface area contributed by atoms with E-state index < -0.39 is 0 Å². The van der Waals surface area contributed by atoms with Crippen LogP contribution in [0.1, 0.15) is 16.8 Å². The third-order valence-corrected chi connectivity index (χ3v) is 4.05. The molecule has 3 rings (SSSR count). The molecule has 0 spiro atoms. The van der Waals surface area contributed by atoms with Gasteiger partial charge in [0, 0.05) is 38.7 Å². The summed E-state index contributed by atoms with van der Waals surface area (Å²) >= 11 is 0. The highest BCUT2D eigenvalue weighted by Crippen LogP contribution is 2.15. The lowest BCUT2D eigenvalue weighted by atomic mass is 10.0. The summed E-state index contributed by atoms with van der Waals surface area (Å²) in [6.45, 7) is 1.13. The van der Waals surface area contributed by atoms with Crippen LogP contribution in [-0.4, -0.2) is 60.3 Å². The van der Waals surface area contributed by atoms with Gasteiger partial charge in [-0.2, -0.15) is 0 Å². The highest BCUT2D eigenvalue weighted by molar-refractivity contribution is 5.95. The molecule has 1 aliphatic rings. The van der Waals surface area contributed by atoms with Gasteiger partial charge in [-0.25, -0.2) is 15.0 Å². The molecule has 2 atom stereocenters. The van der Waals surface area contributed by atoms with Crippen molar-refractivity contribution in [2.75, 3.05) is 37.5 Å². The molecule has 0 aromatic carbocycles. The van der Waals surface area contributed by atoms with E-state index in [9.17, 15) is 4.79 Å². The zero-order valence-electron chi connectivity index (χ0n) is 14.3. The maximum atomic E-state index is 12.6. The van der Waals surface area contributed by atoms with E-state index in [1.165, 1.54) is 6.33 Å². The molecule has 1 amide bonds. The molecule has 3 heterocycles. The number of carbonyl (C=O) groups excluding carboxylic acids is 1. The van der Waals surface area contributed by atoms with Gasteiger partial charge in [0.05, 0.1) is 18.7 Å². The molecule has 1 saturated heterocycles. The number of ether oxygens (including phenoxy) is 1. The van der Waals surface area contributed by atoms with Crippen LogP contribution >= 0.6 is 0 Å². The SMILES string of the molecule is CN(C)c1cc(C(=O)N[C@H]2CCOC[C@H]2Nc2ccncn2)ccn1. The van der Waals surface area contributed by atoms with Gasteiger partial charge in [-0.3, -0.25) is 4.79 Å². The Balaban J connectivity index is 1.68. The molecule has 132 valence electrons. The standard InChI is InChI=1S/C17H22N6O2/c1-23(2)16-9-12(3-7-19-16)17(24)22-13-5-8-25-10-14(13)21-15-4-6-18-11-20-15/h3-4,6-7,9,11,13-14H,5,8,10H2,1-2H3,(H,22,24)(H,18,20,21)/t13-,14+/m0/s1. The van der Waals surface area contributed by atoms with Crippen LogP contribution in [0.25, 0.3) is 0 Å². The molecule has 1 fully saturated rings. The molecule has 0 saturated carbocycles. The summed E-state index contributed by atoms with van der Waals surface area (Å²) in [5.74, 6) is 1.34. The van der Waals surface area contributed by atoms with Crippen LogP contribution in [0.2, 0.25) is 0 Å². The molecule has 0 aliphatic carbocycles. The van der Waals surface area contributed by atoms with Crippen LogP contribution in [0.4, 0.5) is 11.6 Å². The molecule has 0 bridgehead atoms. The smallest absolute Gasteiger partial charge is 0.251 e. The van der Waals surface area contributed by atoms with Crippen molar-refractivity contribution in [1.29, 1.82) is 0 Å². The monoisotopic (exact) mass is 342 g/mol. The first-order chi connectivity index (χ1) is 12.1. The number of hydrogen-bond donors (Lipinski definition) is 2. The van der Waals surface area contributed by atoms with Crippen LogP contribution in [0.5, 0.6) is 0 Å². The lowest BCUT2D eigenvalue weighted by molar-refractivity contribution is 0.0620. The maximum Gasteiger partial charge on any atom is 0.251 e. The van der Waals surface area contributed by atoms with Gasteiger partial charge in [0.15, 0.2) is 0 Å². The van der Waals surface area contributed by atoms with Gasteiger partial charge in [0.2, 0.25) is 0 Å². The number of amides is 1. The molecule has 8 heteroatoms. The zero-order chi connectivity index (χ0) is 17.6. The van der Waals surface area contributed by atoms with Crippen molar-refractivity contribution < 1.29 is 9.53 Å². The van der Waals surface area contributed by atoms with E-state index in [2.05, 4.69) is 25.6 Å². The second kappa shape index (κ2) is 7.89. The Morgan fingerprint density at radius 1 is 1.24 bits per heavy atom. The fourth-order valence-electron chi connectivity index (χ4n) is 2.67. The Kier molecular flexibility index (Phi) is 5.39. The van der Waals surface area contributed by atoms with E-state index >= 15 is 0 Å². The minimum absolute atomic E-state index is 0.0489. The summed E-state index contributed by atoms with van der Waals surface area (Å²) in [5.41, 5.74) is 0.589. The van der Waals surface area contributed by atoms with Crippen molar-refractivity contribution >= 4 is 17.5 Å². The van der Waals surface area contributed by atoms with E-state index in [1.54, 1.807) is 30.6 Å². The number of hydrogen-bond acceptors (Lipinski definition) is 7. The van der Waals surface area contributed by atoms with Crippen molar-refractivity contribution in [3.8, 4) is 0 Å². The summed E-state index contributed by atoms with van der Waals surface area (Å²) in [5, 5.41) is 6.41. The Morgan fingerprint density at radius 2 is 2.12 bits per heavy atom. The topological polar surface area (TPSA) is 92.3 Å². The molecular formula is C17H22N6O2. The molecule has 1 aliphatic heterocycles. The first-order valence-electron chi connectivity index (χ1n) is 8.18. The molecule has 2 aromatic rings. The van der Waals surface area contributed by atoms with Crippen LogP contribution in [0.15, 0.2) is 36.9 Å². The number of anilines is 2. The number of pyridine rings is 1. The Labute approximate surface area is 146 Å². The first kappa shape index (κ1) is 17.1. The molecule has 25 heavy (non-hydrogen) atoms. The quantitative estimate of drug-likeness (QED) is 0.835. The predicted octanol–water partition coefficient (Wildman–Crippen LogP) is 0.937. The summed E-state index contributed by atoms with van der Waals surface area (Å²) in [6, 6.07) is 5.19. The minimum atomic E-state index is -0.119. The van der Waals surface area contributed by atoms with Crippen LogP contribution in [0, 0.1) is 0 Å². The third-order valence-electron chi connectivity index (χ3n) is 4.05. The van der Waals surface area contributed by atoms with Gasteiger partial charge in [0.1, 0.15) is 18.0 Å². The van der Waals surface area contributed by atoms with Gasteiger partial charge in [-0.15, -0.1) is 0 Å². The van der Waals surface area contributed by atoms with Gasteiger partial charge >= 0.3 is 0 Å². The number of nitrogens with one attached hydrogen (secondary N) is 2. The van der Waals surface area contributed by atoms with Gasteiger partial charge in [-0.05, 0) is 24.6 Å². The van der Waals surface area contributed by atoms with E-state index in [-0.39, 0.29) is 18.0 Å². The van der Waals surface area contributed by atoms with Gasteiger partial charge < -0.3 is 20.3 Å². The molecule has 2 aromatic heterocycles. The van der Waals surface area contributed by atoms with E-state index in [0.717, 1.165) is 12.2 Å². The van der Waals surface area contributed by atoms with Crippen LogP contribution < -0.4 is 15.5 Å². The lowest BCUT2D eigenvalue weighted by Crippen LogP contribution is -2.52. The van der Waals surface area contributed by atoms with Gasteiger partial charge in [0.25, 0.3) is 5.91 Å². The van der Waals surface area contributed by atoms with E-state index in [4.69, 9.17) is 4.74 Å². The number of carbonyl (C=O) groups is 1. The van der Waals surface area contributed by atoms with Crippen molar-refractivity contribution in [2.24, 2.45) is 0 Å². The average Bonchev–Trinajstić information content (AvgIpc) is 2.64. The van der Waals surface area contributed by atoms with Crippen molar-refractivity contribution in [2.45, 2.75) is 18.5 Å². The number of nitrogens with zero attached hydrogens (tertiary/aromatic N) is 4. The molecule has 0 radical (unpaired) electrons. The van der Waals surface area contributed by atoms with Crippen LogP contribution in [-0.2, 0) is 4.74 Å². The lowest BCUT2D eigenvalue weighted by Gasteiger charge is -2.33. The summed E-state index contributed by atoms with van der Waals surface area (Å²) < 4.78 is 5.55. The van der Waals surface area contributed by atoms with Crippen molar-refractivity contribution in [1.82, 2.24) is 20.3 Å². The largest absolute Gasteiger partial charge is 0.379 e. The van der Waals surface area contributed by atoms with Crippen LogP contribution in [0.3, 0.4) is 0 Å². The molecule has 0 unspecified atom stereocenters. The second-order valence-electron chi connectivity index (χ2n) is 6.09. The number of aromatic nitrogens is 3. The first-order valence-corrected chi connectivity index (χ1v) is 8.18.